The first-order chi connectivity index (χ1) is 10.4. The lowest BCUT2D eigenvalue weighted by Gasteiger charge is -2.05. The van der Waals surface area contributed by atoms with Gasteiger partial charge in [0, 0.05) is 0 Å². The predicted octanol–water partition coefficient (Wildman–Crippen LogP) is 4.70. The molecule has 0 aliphatic heterocycles. The molecule has 3 heteroatoms. The molecule has 0 heterocycles. The molecule has 2 rings (SSSR count). The lowest BCUT2D eigenvalue weighted by molar-refractivity contribution is 0.306. The van der Waals surface area contributed by atoms with Crippen LogP contribution in [0.2, 0.25) is 0 Å². The molecule has 0 saturated carbocycles. The van der Waals surface area contributed by atoms with Gasteiger partial charge in [-0.15, -0.1) is 0 Å². The Hall–Kier alpha value is -2.29. The average Bonchev–Trinajstić information content (AvgIpc) is 2.54. The third-order valence-electron chi connectivity index (χ3n) is 3.08. The molecule has 0 amide bonds. The largest absolute Gasteiger partial charge is 0.494 e. The summed E-state index contributed by atoms with van der Waals surface area (Å²) in [7, 11) is 0. The number of ether oxygens (including phenoxy) is 1. The van der Waals surface area contributed by atoms with Crippen molar-refractivity contribution in [3.63, 3.8) is 0 Å². The highest BCUT2D eigenvalue weighted by Gasteiger charge is 1.94. The fraction of sp³-hybridized carbons (Fsp3) is 0.278. The van der Waals surface area contributed by atoms with Gasteiger partial charge in [-0.1, -0.05) is 38.0 Å². The Bertz CT molecular complexity index is 535. The highest BCUT2D eigenvalue weighted by molar-refractivity contribution is 5.80. The zero-order valence-corrected chi connectivity index (χ0v) is 12.5. The average molecular weight is 282 g/mol. The lowest BCUT2D eigenvalue weighted by atomic mass is 10.2. The number of nitrogens with one attached hydrogen (secondary N) is 1. The molecule has 0 atom stereocenters. The maximum atomic E-state index is 5.68. The third-order valence-corrected chi connectivity index (χ3v) is 3.08. The Kier molecular flexibility index (Phi) is 6.33. The van der Waals surface area contributed by atoms with Crippen LogP contribution in [0.15, 0.2) is 59.7 Å². The van der Waals surface area contributed by atoms with Gasteiger partial charge in [-0.2, -0.15) is 5.10 Å². The maximum Gasteiger partial charge on any atom is 0.119 e. The van der Waals surface area contributed by atoms with Crippen LogP contribution >= 0.6 is 0 Å². The van der Waals surface area contributed by atoms with E-state index in [0.29, 0.717) is 0 Å². The van der Waals surface area contributed by atoms with Crippen LogP contribution in [0, 0.1) is 0 Å². The van der Waals surface area contributed by atoms with E-state index in [0.717, 1.165) is 30.0 Å². The van der Waals surface area contributed by atoms with Gasteiger partial charge in [-0.25, -0.2) is 0 Å². The van der Waals surface area contributed by atoms with E-state index in [1.54, 1.807) is 6.21 Å². The van der Waals surface area contributed by atoms with Gasteiger partial charge in [-0.05, 0) is 48.4 Å². The normalized spacial score (nSPS) is 10.7. The number of benzene rings is 2. The van der Waals surface area contributed by atoms with Gasteiger partial charge in [0.2, 0.25) is 0 Å². The van der Waals surface area contributed by atoms with Crippen molar-refractivity contribution in [2.24, 2.45) is 5.10 Å². The molecule has 0 spiro atoms. The smallest absolute Gasteiger partial charge is 0.119 e. The number of anilines is 1. The van der Waals surface area contributed by atoms with Crippen LogP contribution in [0.25, 0.3) is 0 Å². The molecular weight excluding hydrogens is 260 g/mol. The molecule has 0 saturated heterocycles. The van der Waals surface area contributed by atoms with Crippen molar-refractivity contribution < 1.29 is 4.74 Å². The monoisotopic (exact) mass is 282 g/mol. The Balaban J connectivity index is 1.79. The van der Waals surface area contributed by atoms with Crippen LogP contribution in [0.3, 0.4) is 0 Å². The quantitative estimate of drug-likeness (QED) is 0.432. The van der Waals surface area contributed by atoms with Crippen LogP contribution in [0.5, 0.6) is 5.75 Å². The Morgan fingerprint density at radius 3 is 2.48 bits per heavy atom. The highest BCUT2D eigenvalue weighted by Crippen LogP contribution is 2.12. The van der Waals surface area contributed by atoms with Crippen LogP contribution in [-0.4, -0.2) is 12.8 Å². The molecule has 1 N–H and O–H groups in total. The third kappa shape index (κ3) is 5.69. The van der Waals surface area contributed by atoms with Gasteiger partial charge in [-0.3, -0.25) is 5.43 Å². The first-order valence-corrected chi connectivity index (χ1v) is 7.45. The number of nitrogens with zero attached hydrogens (tertiary/aromatic N) is 1. The SMILES string of the molecule is CCCCCOc1ccc(C=NNc2ccccc2)cc1. The molecule has 110 valence electrons. The zero-order valence-electron chi connectivity index (χ0n) is 12.5. The first kappa shape index (κ1) is 15.1. The van der Waals surface area contributed by atoms with Crippen molar-refractivity contribution in [3.05, 3.63) is 60.2 Å². The van der Waals surface area contributed by atoms with Crippen LogP contribution < -0.4 is 10.2 Å². The molecular formula is C18H22N2O. The van der Waals surface area contributed by atoms with E-state index >= 15 is 0 Å². The molecule has 3 nitrogen and oxygen atoms in total. The zero-order chi connectivity index (χ0) is 14.8. The van der Waals surface area contributed by atoms with Gasteiger partial charge >= 0.3 is 0 Å². The summed E-state index contributed by atoms with van der Waals surface area (Å²) < 4.78 is 5.68. The standard InChI is InChI=1S/C18H22N2O/c1-2-3-7-14-21-18-12-10-16(11-13-18)15-19-20-17-8-5-4-6-9-17/h4-6,8-13,15,20H,2-3,7,14H2,1H3. The molecule has 0 aliphatic rings. The number of para-hydroxylation sites is 1. The minimum absolute atomic E-state index is 0.789. The molecule has 21 heavy (non-hydrogen) atoms. The number of rotatable bonds is 8. The van der Waals surface area contributed by atoms with Gasteiger partial charge in [0.15, 0.2) is 0 Å². The van der Waals surface area contributed by atoms with Crippen molar-refractivity contribution in [1.29, 1.82) is 0 Å². The topological polar surface area (TPSA) is 33.6 Å². The molecule has 2 aromatic carbocycles. The van der Waals surface area contributed by atoms with E-state index in [1.807, 2.05) is 54.6 Å². The van der Waals surface area contributed by atoms with Crippen molar-refractivity contribution in [2.75, 3.05) is 12.0 Å². The number of hydrogen-bond acceptors (Lipinski definition) is 3. The summed E-state index contributed by atoms with van der Waals surface area (Å²) in [4.78, 5) is 0. The summed E-state index contributed by atoms with van der Waals surface area (Å²) in [5.41, 5.74) is 5.01. The van der Waals surface area contributed by atoms with Gasteiger partial charge in [0.25, 0.3) is 0 Å². The van der Waals surface area contributed by atoms with Gasteiger partial charge in [0.05, 0.1) is 18.5 Å². The molecule has 0 unspecified atom stereocenters. The van der Waals surface area contributed by atoms with E-state index in [-0.39, 0.29) is 0 Å². The molecule has 2 aromatic rings. The van der Waals surface area contributed by atoms with E-state index in [9.17, 15) is 0 Å². The summed E-state index contributed by atoms with van der Waals surface area (Å²) in [6, 6.07) is 17.9. The first-order valence-electron chi connectivity index (χ1n) is 7.45. The van der Waals surface area contributed by atoms with E-state index in [4.69, 9.17) is 4.74 Å². The molecule has 0 fully saturated rings. The minimum atomic E-state index is 0.789. The van der Waals surface area contributed by atoms with Crippen molar-refractivity contribution >= 4 is 11.9 Å². The minimum Gasteiger partial charge on any atom is -0.494 e. The fourth-order valence-electron chi connectivity index (χ4n) is 1.89. The second-order valence-corrected chi connectivity index (χ2v) is 4.86. The Morgan fingerprint density at radius 1 is 1.00 bits per heavy atom. The van der Waals surface area contributed by atoms with Gasteiger partial charge < -0.3 is 4.74 Å². The van der Waals surface area contributed by atoms with Crippen LogP contribution in [0.4, 0.5) is 5.69 Å². The second-order valence-electron chi connectivity index (χ2n) is 4.86. The van der Waals surface area contributed by atoms with Gasteiger partial charge in [0.1, 0.15) is 5.75 Å². The number of hydrogen-bond donors (Lipinski definition) is 1. The van der Waals surface area contributed by atoms with E-state index in [1.165, 1.54) is 12.8 Å². The van der Waals surface area contributed by atoms with Crippen LogP contribution in [0.1, 0.15) is 31.7 Å². The van der Waals surface area contributed by atoms with E-state index in [2.05, 4.69) is 17.5 Å². The summed E-state index contributed by atoms with van der Waals surface area (Å²) in [6.45, 7) is 2.98. The lowest BCUT2D eigenvalue weighted by Crippen LogP contribution is -1.97. The summed E-state index contributed by atoms with van der Waals surface area (Å²) in [6.07, 6.45) is 5.34. The Labute approximate surface area is 126 Å². The summed E-state index contributed by atoms with van der Waals surface area (Å²) in [5.74, 6) is 0.916. The van der Waals surface area contributed by atoms with Crippen molar-refractivity contribution in [3.8, 4) is 5.75 Å². The Morgan fingerprint density at radius 2 is 1.76 bits per heavy atom. The van der Waals surface area contributed by atoms with Crippen molar-refractivity contribution in [2.45, 2.75) is 26.2 Å². The summed E-state index contributed by atoms with van der Waals surface area (Å²) in [5, 5.41) is 4.21. The predicted molar refractivity (Wildman–Crippen MR) is 89.1 cm³/mol. The fourth-order valence-corrected chi connectivity index (χ4v) is 1.89. The number of hydrazone groups is 1. The second kappa shape index (κ2) is 8.80. The van der Waals surface area contributed by atoms with E-state index < -0.39 is 0 Å². The highest BCUT2D eigenvalue weighted by atomic mass is 16.5. The molecule has 0 bridgehead atoms. The number of unbranched alkanes of at least 4 members (excludes halogenated alkanes) is 2. The molecule has 0 aromatic heterocycles. The van der Waals surface area contributed by atoms with Crippen molar-refractivity contribution in [1.82, 2.24) is 0 Å². The summed E-state index contributed by atoms with van der Waals surface area (Å²) >= 11 is 0. The maximum absolute atomic E-state index is 5.68. The molecule has 0 aliphatic carbocycles. The van der Waals surface area contributed by atoms with Crippen LogP contribution in [-0.2, 0) is 0 Å². The molecule has 0 radical (unpaired) electrons.